The van der Waals surface area contributed by atoms with Crippen molar-refractivity contribution in [2.24, 2.45) is 0 Å². The number of fused-ring (bicyclic) bond motifs is 1. The fourth-order valence-electron chi connectivity index (χ4n) is 2.42. The molecule has 0 aliphatic heterocycles. The number of carbonyl (C=O) groups excluding carboxylic acids is 1. The van der Waals surface area contributed by atoms with Gasteiger partial charge in [0.1, 0.15) is 24.7 Å². The van der Waals surface area contributed by atoms with Gasteiger partial charge in [-0.2, -0.15) is 0 Å². The van der Waals surface area contributed by atoms with Gasteiger partial charge in [-0.3, -0.25) is 4.79 Å². The van der Waals surface area contributed by atoms with E-state index in [1.54, 1.807) is 0 Å². The molecule has 0 saturated carbocycles. The van der Waals surface area contributed by atoms with Gasteiger partial charge in [-0.05, 0) is 30.2 Å². The van der Waals surface area contributed by atoms with Crippen molar-refractivity contribution in [2.75, 3.05) is 13.2 Å². The Kier molecular flexibility index (Phi) is 3.68. The van der Waals surface area contributed by atoms with Gasteiger partial charge in [0.25, 0.3) is 0 Å². The molecule has 3 rings (SSSR count). The molecular weight excluding hydrogens is 252 g/mol. The lowest BCUT2D eigenvalue weighted by atomic mass is 10.1. The average molecular weight is 268 g/mol. The fraction of sp³-hybridized carbons (Fsp3) is 0.235. The van der Waals surface area contributed by atoms with Gasteiger partial charge in [0, 0.05) is 6.42 Å². The van der Waals surface area contributed by atoms with Crippen LogP contribution in [0.25, 0.3) is 0 Å². The van der Waals surface area contributed by atoms with Crippen molar-refractivity contribution < 1.29 is 14.3 Å². The van der Waals surface area contributed by atoms with E-state index in [9.17, 15) is 4.79 Å². The zero-order valence-electron chi connectivity index (χ0n) is 11.2. The molecule has 0 N–H and O–H groups in total. The fourth-order valence-corrected chi connectivity index (χ4v) is 2.42. The molecule has 0 atom stereocenters. The molecule has 1 aliphatic rings. The number of hydrogen-bond acceptors (Lipinski definition) is 3. The minimum Gasteiger partial charge on any atom is -0.490 e. The summed E-state index contributed by atoms with van der Waals surface area (Å²) in [4.78, 5) is 11.8. The molecule has 102 valence electrons. The summed E-state index contributed by atoms with van der Waals surface area (Å²) in [6.45, 7) is 0.889. The van der Waals surface area contributed by atoms with E-state index in [1.807, 2.05) is 48.5 Å². The largest absolute Gasteiger partial charge is 0.490 e. The first-order valence-electron chi connectivity index (χ1n) is 6.80. The Morgan fingerprint density at radius 3 is 2.50 bits per heavy atom. The first-order valence-corrected chi connectivity index (χ1v) is 6.80. The van der Waals surface area contributed by atoms with Crippen LogP contribution in [-0.2, 0) is 6.42 Å². The summed E-state index contributed by atoms with van der Waals surface area (Å²) >= 11 is 0. The van der Waals surface area contributed by atoms with E-state index >= 15 is 0 Å². The summed E-state index contributed by atoms with van der Waals surface area (Å²) in [5.41, 5.74) is 1.85. The number of ether oxygens (including phenoxy) is 2. The number of aryl methyl sites for hydroxylation is 1. The van der Waals surface area contributed by atoms with Crippen molar-refractivity contribution in [3.63, 3.8) is 0 Å². The lowest BCUT2D eigenvalue weighted by Crippen LogP contribution is -2.10. The number of carbonyl (C=O) groups is 1. The summed E-state index contributed by atoms with van der Waals surface area (Å²) in [5, 5.41) is 0. The number of hydrogen-bond donors (Lipinski definition) is 0. The molecule has 0 amide bonds. The molecule has 0 heterocycles. The normalized spacial score (nSPS) is 13.1. The molecule has 0 saturated heterocycles. The Labute approximate surface area is 118 Å². The molecule has 0 fully saturated rings. The Morgan fingerprint density at radius 1 is 0.850 bits per heavy atom. The van der Waals surface area contributed by atoms with Crippen LogP contribution < -0.4 is 9.47 Å². The van der Waals surface area contributed by atoms with Gasteiger partial charge in [0.15, 0.2) is 5.78 Å². The minimum atomic E-state index is 0.180. The third-order valence-electron chi connectivity index (χ3n) is 3.37. The van der Waals surface area contributed by atoms with E-state index in [1.165, 1.54) is 0 Å². The van der Waals surface area contributed by atoms with E-state index in [-0.39, 0.29) is 5.78 Å². The molecule has 2 aromatic carbocycles. The number of benzene rings is 2. The zero-order valence-corrected chi connectivity index (χ0v) is 11.2. The Bertz CT molecular complexity index is 605. The molecule has 0 unspecified atom stereocenters. The summed E-state index contributed by atoms with van der Waals surface area (Å²) in [6.07, 6.45) is 1.42. The first-order chi connectivity index (χ1) is 9.84. The van der Waals surface area contributed by atoms with Crippen LogP contribution in [-0.4, -0.2) is 19.0 Å². The number of Topliss-reactive ketones (excluding diaryl/α,β-unsaturated/α-hetero) is 1. The highest BCUT2D eigenvalue weighted by molar-refractivity contribution is 6.02. The van der Waals surface area contributed by atoms with Crippen LogP contribution in [0.2, 0.25) is 0 Å². The summed E-state index contributed by atoms with van der Waals surface area (Å²) in [6, 6.07) is 15.4. The maximum Gasteiger partial charge on any atom is 0.167 e. The van der Waals surface area contributed by atoms with Crippen LogP contribution in [0, 0.1) is 0 Å². The van der Waals surface area contributed by atoms with Gasteiger partial charge in [-0.15, -0.1) is 0 Å². The quantitative estimate of drug-likeness (QED) is 0.781. The van der Waals surface area contributed by atoms with Gasteiger partial charge in [-0.25, -0.2) is 0 Å². The van der Waals surface area contributed by atoms with Gasteiger partial charge in [-0.1, -0.05) is 30.3 Å². The van der Waals surface area contributed by atoms with Crippen molar-refractivity contribution in [2.45, 2.75) is 12.8 Å². The zero-order chi connectivity index (χ0) is 13.8. The second-order valence-electron chi connectivity index (χ2n) is 4.72. The summed E-state index contributed by atoms with van der Waals surface area (Å²) < 4.78 is 11.3. The van der Waals surface area contributed by atoms with Crippen LogP contribution in [0.15, 0.2) is 48.5 Å². The molecule has 20 heavy (non-hydrogen) atoms. The van der Waals surface area contributed by atoms with E-state index < -0.39 is 0 Å². The molecule has 0 spiro atoms. The van der Waals surface area contributed by atoms with Gasteiger partial charge in [0.2, 0.25) is 0 Å². The van der Waals surface area contributed by atoms with Gasteiger partial charge >= 0.3 is 0 Å². The smallest absolute Gasteiger partial charge is 0.167 e. The predicted octanol–water partition coefficient (Wildman–Crippen LogP) is 3.27. The van der Waals surface area contributed by atoms with Crippen molar-refractivity contribution in [3.05, 3.63) is 59.7 Å². The third-order valence-corrected chi connectivity index (χ3v) is 3.37. The van der Waals surface area contributed by atoms with E-state index in [4.69, 9.17) is 9.47 Å². The van der Waals surface area contributed by atoms with Crippen LogP contribution in [0.3, 0.4) is 0 Å². The minimum absolute atomic E-state index is 0.180. The molecule has 3 nitrogen and oxygen atoms in total. The van der Waals surface area contributed by atoms with Crippen molar-refractivity contribution in [1.82, 2.24) is 0 Å². The molecule has 2 aromatic rings. The predicted molar refractivity (Wildman–Crippen MR) is 76.5 cm³/mol. The van der Waals surface area contributed by atoms with Crippen molar-refractivity contribution in [1.29, 1.82) is 0 Å². The second-order valence-corrected chi connectivity index (χ2v) is 4.72. The maximum atomic E-state index is 11.8. The number of rotatable bonds is 5. The highest BCUT2D eigenvalue weighted by Crippen LogP contribution is 2.30. The number of para-hydroxylation sites is 1. The molecule has 0 radical (unpaired) electrons. The topological polar surface area (TPSA) is 35.5 Å². The molecule has 0 bridgehead atoms. The molecule has 3 heteroatoms. The molecular formula is C17H16O3. The molecule has 0 aromatic heterocycles. The Hall–Kier alpha value is -2.29. The average Bonchev–Trinajstić information content (AvgIpc) is 2.87. The highest BCUT2D eigenvalue weighted by Gasteiger charge is 2.23. The van der Waals surface area contributed by atoms with Crippen LogP contribution in [0.1, 0.15) is 22.3 Å². The van der Waals surface area contributed by atoms with Crippen molar-refractivity contribution >= 4 is 5.78 Å². The number of ketones is 1. The van der Waals surface area contributed by atoms with E-state index in [0.717, 1.165) is 23.3 Å². The third kappa shape index (κ3) is 2.67. The van der Waals surface area contributed by atoms with Crippen LogP contribution >= 0.6 is 0 Å². The van der Waals surface area contributed by atoms with Crippen LogP contribution in [0.4, 0.5) is 0 Å². The van der Waals surface area contributed by atoms with Gasteiger partial charge in [0.05, 0.1) is 5.56 Å². The van der Waals surface area contributed by atoms with E-state index in [0.29, 0.717) is 25.4 Å². The lowest BCUT2D eigenvalue weighted by molar-refractivity contribution is 0.0990. The van der Waals surface area contributed by atoms with Crippen molar-refractivity contribution in [3.8, 4) is 11.5 Å². The summed E-state index contributed by atoms with van der Waals surface area (Å²) in [7, 11) is 0. The lowest BCUT2D eigenvalue weighted by Gasteiger charge is -2.11. The Balaban J connectivity index is 1.57. The van der Waals surface area contributed by atoms with Gasteiger partial charge < -0.3 is 9.47 Å². The first kappa shape index (κ1) is 12.7. The maximum absolute atomic E-state index is 11.8. The SMILES string of the molecule is O=C1CCc2cccc(OCCOc3ccccc3)c21. The monoisotopic (exact) mass is 268 g/mol. The molecule has 1 aliphatic carbocycles. The highest BCUT2D eigenvalue weighted by atomic mass is 16.5. The van der Waals surface area contributed by atoms with E-state index in [2.05, 4.69) is 0 Å². The van der Waals surface area contributed by atoms with Crippen LogP contribution in [0.5, 0.6) is 11.5 Å². The second kappa shape index (κ2) is 5.78. The standard InChI is InChI=1S/C17H16O3/c18-15-10-9-13-5-4-8-16(17(13)15)20-12-11-19-14-6-2-1-3-7-14/h1-8H,9-12H2. The Morgan fingerprint density at radius 2 is 1.65 bits per heavy atom. The summed E-state index contributed by atoms with van der Waals surface area (Å²) in [5.74, 6) is 1.69.